The molecule has 7 heteroatoms. The summed E-state index contributed by atoms with van der Waals surface area (Å²) in [4.78, 5) is 10.3. The van der Waals surface area contributed by atoms with Gasteiger partial charge in [0.25, 0.3) is 0 Å². The fourth-order valence-corrected chi connectivity index (χ4v) is 3.19. The topological polar surface area (TPSA) is 95.6 Å². The van der Waals surface area contributed by atoms with Crippen molar-refractivity contribution in [1.29, 1.82) is 0 Å². The molecule has 0 radical (unpaired) electrons. The molecule has 3 rings (SSSR count). The van der Waals surface area contributed by atoms with Gasteiger partial charge in [-0.25, -0.2) is 0 Å². The smallest absolute Gasteiger partial charge is 0.312 e. The third kappa shape index (κ3) is 3.01. The number of aliphatic hydroxyl groups is 1. The van der Waals surface area contributed by atoms with Gasteiger partial charge in [0.2, 0.25) is 0 Å². The molecule has 2 atom stereocenters. The number of nitro benzene ring substituents is 1. The van der Waals surface area contributed by atoms with Crippen molar-refractivity contribution >= 4 is 17.3 Å². The van der Waals surface area contributed by atoms with Gasteiger partial charge in [-0.15, -0.1) is 0 Å². The molecule has 2 aromatic rings. The minimum Gasteiger partial charge on any atom is -0.502 e. The van der Waals surface area contributed by atoms with Crippen LogP contribution in [0, 0.1) is 10.1 Å². The van der Waals surface area contributed by atoms with E-state index < -0.39 is 22.5 Å². The van der Waals surface area contributed by atoms with Gasteiger partial charge in [0.15, 0.2) is 5.75 Å². The van der Waals surface area contributed by atoms with Crippen LogP contribution in [-0.4, -0.2) is 21.2 Å². The van der Waals surface area contributed by atoms with Crippen LogP contribution >= 0.6 is 11.6 Å². The Bertz CT molecular complexity index is 766. The van der Waals surface area contributed by atoms with Gasteiger partial charge in [0, 0.05) is 29.6 Å². The molecule has 2 aromatic carbocycles. The van der Waals surface area contributed by atoms with Crippen molar-refractivity contribution < 1.29 is 15.1 Å². The molecular formula is C16H15ClN2O4. The first-order chi connectivity index (χ1) is 11.0. The molecule has 120 valence electrons. The molecule has 0 unspecified atom stereocenters. The molecule has 0 spiro atoms. The molecular weight excluding hydrogens is 320 g/mol. The van der Waals surface area contributed by atoms with Gasteiger partial charge in [-0.05, 0) is 17.2 Å². The van der Waals surface area contributed by atoms with Crippen LogP contribution in [0.25, 0.3) is 0 Å². The second-order valence-corrected chi connectivity index (χ2v) is 5.96. The van der Waals surface area contributed by atoms with Gasteiger partial charge in [0.1, 0.15) is 0 Å². The Morgan fingerprint density at radius 1 is 1.35 bits per heavy atom. The summed E-state index contributed by atoms with van der Waals surface area (Å²) < 4.78 is 0. The molecule has 0 bridgehead atoms. The first-order valence-corrected chi connectivity index (χ1v) is 7.50. The zero-order chi connectivity index (χ0) is 16.6. The van der Waals surface area contributed by atoms with Gasteiger partial charge < -0.3 is 15.5 Å². The van der Waals surface area contributed by atoms with Crippen molar-refractivity contribution in [1.82, 2.24) is 5.32 Å². The Labute approximate surface area is 137 Å². The van der Waals surface area contributed by atoms with Crippen molar-refractivity contribution in [3.63, 3.8) is 0 Å². The predicted molar refractivity (Wildman–Crippen MR) is 85.5 cm³/mol. The molecule has 3 N–H and O–H groups in total. The number of phenols is 1. The number of nitrogens with one attached hydrogen (secondary N) is 1. The zero-order valence-corrected chi connectivity index (χ0v) is 12.8. The van der Waals surface area contributed by atoms with Crippen molar-refractivity contribution in [3.05, 3.63) is 68.2 Å². The highest BCUT2D eigenvalue weighted by atomic mass is 35.5. The fraction of sp³-hybridized carbons (Fsp3) is 0.250. The Morgan fingerprint density at radius 2 is 2.09 bits per heavy atom. The summed E-state index contributed by atoms with van der Waals surface area (Å²) in [6, 6.07) is 10.0. The number of aliphatic hydroxyl groups excluding tert-OH is 1. The third-order valence-corrected chi connectivity index (χ3v) is 4.26. The van der Waals surface area contributed by atoms with E-state index in [4.69, 9.17) is 11.6 Å². The molecule has 1 aliphatic rings. The molecule has 0 saturated carbocycles. The maximum absolute atomic E-state index is 10.9. The number of hydrogen-bond acceptors (Lipinski definition) is 5. The van der Waals surface area contributed by atoms with Gasteiger partial charge in [-0.1, -0.05) is 35.9 Å². The highest BCUT2D eigenvalue weighted by Crippen LogP contribution is 2.35. The van der Waals surface area contributed by atoms with Crippen molar-refractivity contribution in [3.8, 4) is 5.75 Å². The third-order valence-electron chi connectivity index (χ3n) is 4.05. The SMILES string of the molecule is O=[N+]([O-])c1cc(Cl)cc(CN[C@@H]2c3ccccc3C[C@@H]2O)c1O. The summed E-state index contributed by atoms with van der Waals surface area (Å²) in [5, 5.41) is 34.5. The van der Waals surface area contributed by atoms with E-state index in [2.05, 4.69) is 5.32 Å². The lowest BCUT2D eigenvalue weighted by atomic mass is 10.1. The number of benzene rings is 2. The molecule has 0 amide bonds. The van der Waals surface area contributed by atoms with E-state index in [-0.39, 0.29) is 17.6 Å². The minimum absolute atomic E-state index is 0.156. The van der Waals surface area contributed by atoms with E-state index >= 15 is 0 Å². The number of phenolic OH excluding ortho intramolecular Hbond substituents is 1. The first-order valence-electron chi connectivity index (χ1n) is 7.12. The van der Waals surface area contributed by atoms with E-state index in [0.29, 0.717) is 12.0 Å². The summed E-state index contributed by atoms with van der Waals surface area (Å²) in [7, 11) is 0. The van der Waals surface area contributed by atoms with Crippen molar-refractivity contribution in [2.24, 2.45) is 0 Å². The van der Waals surface area contributed by atoms with Gasteiger partial charge in [-0.3, -0.25) is 10.1 Å². The average Bonchev–Trinajstić information content (AvgIpc) is 2.83. The minimum atomic E-state index is -0.676. The van der Waals surface area contributed by atoms with Gasteiger partial charge in [0.05, 0.1) is 17.1 Å². The fourth-order valence-electron chi connectivity index (χ4n) is 2.95. The van der Waals surface area contributed by atoms with Gasteiger partial charge in [-0.2, -0.15) is 0 Å². The molecule has 23 heavy (non-hydrogen) atoms. The molecule has 0 saturated heterocycles. The summed E-state index contributed by atoms with van der Waals surface area (Å²) in [5.74, 6) is -0.410. The summed E-state index contributed by atoms with van der Waals surface area (Å²) in [5.41, 5.74) is 1.96. The number of halogens is 1. The molecule has 0 fully saturated rings. The van der Waals surface area contributed by atoms with Crippen LogP contribution in [0.5, 0.6) is 5.75 Å². The molecule has 6 nitrogen and oxygen atoms in total. The maximum Gasteiger partial charge on any atom is 0.312 e. The number of fused-ring (bicyclic) bond motifs is 1. The first kappa shape index (κ1) is 15.7. The molecule has 0 heterocycles. The molecule has 1 aliphatic carbocycles. The van der Waals surface area contributed by atoms with Crippen LogP contribution in [0.2, 0.25) is 5.02 Å². The Hall–Kier alpha value is -2.15. The summed E-state index contributed by atoms with van der Waals surface area (Å²) >= 11 is 5.88. The van der Waals surface area contributed by atoms with E-state index in [1.54, 1.807) is 0 Å². The van der Waals surface area contributed by atoms with Crippen LogP contribution in [0.1, 0.15) is 22.7 Å². The summed E-state index contributed by atoms with van der Waals surface area (Å²) in [6.45, 7) is 0.156. The van der Waals surface area contributed by atoms with E-state index in [1.165, 1.54) is 6.07 Å². The number of nitro groups is 1. The second kappa shape index (κ2) is 6.16. The standard InChI is InChI=1S/C16H15ClN2O4/c17-11-5-10(16(21)13(7-11)19(22)23)8-18-15-12-4-2-1-3-9(12)6-14(15)20/h1-5,7,14-15,18,20-21H,6,8H2/t14-,15+/m0/s1. The summed E-state index contributed by atoms with van der Waals surface area (Å²) in [6.07, 6.45) is -0.0288. The second-order valence-electron chi connectivity index (χ2n) is 5.52. The lowest BCUT2D eigenvalue weighted by molar-refractivity contribution is -0.385. The average molecular weight is 335 g/mol. The van der Waals surface area contributed by atoms with E-state index in [1.807, 2.05) is 24.3 Å². The van der Waals surface area contributed by atoms with E-state index in [0.717, 1.165) is 17.2 Å². The maximum atomic E-state index is 10.9. The van der Waals surface area contributed by atoms with Crippen LogP contribution in [0.4, 0.5) is 5.69 Å². The van der Waals surface area contributed by atoms with E-state index in [9.17, 15) is 20.3 Å². The van der Waals surface area contributed by atoms with Crippen LogP contribution in [-0.2, 0) is 13.0 Å². The number of hydrogen-bond donors (Lipinski definition) is 3. The zero-order valence-electron chi connectivity index (χ0n) is 12.1. The van der Waals surface area contributed by atoms with Crippen molar-refractivity contribution in [2.45, 2.75) is 25.1 Å². The van der Waals surface area contributed by atoms with Crippen LogP contribution < -0.4 is 5.32 Å². The Morgan fingerprint density at radius 3 is 2.83 bits per heavy atom. The molecule has 0 aromatic heterocycles. The number of nitrogens with zero attached hydrogens (tertiary/aromatic N) is 1. The highest BCUT2D eigenvalue weighted by Gasteiger charge is 2.30. The number of rotatable bonds is 4. The Kier molecular flexibility index (Phi) is 4.21. The van der Waals surface area contributed by atoms with Gasteiger partial charge >= 0.3 is 5.69 Å². The predicted octanol–water partition coefficient (Wildman–Crippen LogP) is 2.70. The Balaban J connectivity index is 1.83. The number of aromatic hydroxyl groups is 1. The largest absolute Gasteiger partial charge is 0.502 e. The lowest BCUT2D eigenvalue weighted by Gasteiger charge is -2.18. The normalized spacial score (nSPS) is 19.6. The van der Waals surface area contributed by atoms with Crippen LogP contribution in [0.15, 0.2) is 36.4 Å². The monoisotopic (exact) mass is 334 g/mol. The highest BCUT2D eigenvalue weighted by molar-refractivity contribution is 6.31. The van der Waals surface area contributed by atoms with Crippen molar-refractivity contribution in [2.75, 3.05) is 0 Å². The quantitative estimate of drug-likeness (QED) is 0.590. The lowest BCUT2D eigenvalue weighted by Crippen LogP contribution is -2.28. The molecule has 0 aliphatic heterocycles. The van der Waals surface area contributed by atoms with Crippen LogP contribution in [0.3, 0.4) is 0 Å².